The zero-order valence-corrected chi connectivity index (χ0v) is 12.3. The van der Waals surface area contributed by atoms with Crippen molar-refractivity contribution in [1.29, 1.82) is 0 Å². The number of nitrogens with one attached hydrogen (secondary N) is 1. The van der Waals surface area contributed by atoms with Crippen molar-refractivity contribution in [2.45, 2.75) is 46.6 Å². The van der Waals surface area contributed by atoms with Gasteiger partial charge in [-0.25, -0.2) is 0 Å². The van der Waals surface area contributed by atoms with E-state index in [-0.39, 0.29) is 0 Å². The van der Waals surface area contributed by atoms with Crippen LogP contribution in [0.3, 0.4) is 0 Å². The van der Waals surface area contributed by atoms with Gasteiger partial charge in [-0.3, -0.25) is 0 Å². The molecule has 104 valence electrons. The van der Waals surface area contributed by atoms with E-state index in [4.69, 9.17) is 9.47 Å². The lowest BCUT2D eigenvalue weighted by atomic mass is 9.92. The zero-order valence-electron chi connectivity index (χ0n) is 12.3. The Kier molecular flexibility index (Phi) is 10.9. The molecule has 0 saturated heterocycles. The fraction of sp³-hybridized carbons (Fsp3) is 1.00. The summed E-state index contributed by atoms with van der Waals surface area (Å²) in [7, 11) is 1.73. The molecule has 0 saturated carbocycles. The molecule has 0 fully saturated rings. The molecule has 0 aliphatic carbocycles. The highest BCUT2D eigenvalue weighted by Crippen LogP contribution is 2.14. The number of hydrogen-bond acceptors (Lipinski definition) is 3. The lowest BCUT2D eigenvalue weighted by Gasteiger charge is -2.22. The van der Waals surface area contributed by atoms with Gasteiger partial charge in [0.05, 0.1) is 0 Å². The van der Waals surface area contributed by atoms with Crippen LogP contribution in [0.2, 0.25) is 0 Å². The number of ether oxygens (including phenoxy) is 2. The third-order valence-corrected chi connectivity index (χ3v) is 3.00. The van der Waals surface area contributed by atoms with Crippen LogP contribution in [0.1, 0.15) is 40.5 Å². The molecule has 0 amide bonds. The van der Waals surface area contributed by atoms with E-state index >= 15 is 0 Å². The molecule has 1 unspecified atom stereocenters. The maximum absolute atomic E-state index is 5.62. The van der Waals surface area contributed by atoms with Gasteiger partial charge in [0.25, 0.3) is 0 Å². The summed E-state index contributed by atoms with van der Waals surface area (Å²) in [6.07, 6.45) is 2.14. The van der Waals surface area contributed by atoms with E-state index in [1.54, 1.807) is 7.11 Å². The average molecular weight is 245 g/mol. The van der Waals surface area contributed by atoms with Gasteiger partial charge in [-0.15, -0.1) is 0 Å². The minimum absolute atomic E-state index is 0.568. The lowest BCUT2D eigenvalue weighted by molar-refractivity contribution is 0.0889. The van der Waals surface area contributed by atoms with Crippen molar-refractivity contribution in [2.24, 2.45) is 11.8 Å². The van der Waals surface area contributed by atoms with Crippen LogP contribution in [0.15, 0.2) is 0 Å². The molecular formula is C14H31NO2. The lowest BCUT2D eigenvalue weighted by Crippen LogP contribution is -2.31. The van der Waals surface area contributed by atoms with Crippen LogP contribution in [0.5, 0.6) is 0 Å². The Morgan fingerprint density at radius 2 is 1.71 bits per heavy atom. The molecule has 0 spiro atoms. The molecule has 1 atom stereocenters. The highest BCUT2D eigenvalue weighted by molar-refractivity contribution is 4.67. The maximum Gasteiger partial charge on any atom is 0.0487 e. The molecule has 3 nitrogen and oxygen atoms in total. The molecule has 0 aliphatic rings. The average Bonchev–Trinajstić information content (AvgIpc) is 2.26. The first-order valence-electron chi connectivity index (χ1n) is 6.88. The largest absolute Gasteiger partial charge is 0.385 e. The van der Waals surface area contributed by atoms with Gasteiger partial charge in [0.2, 0.25) is 0 Å². The van der Waals surface area contributed by atoms with E-state index < -0.39 is 0 Å². The Hall–Kier alpha value is -0.120. The fourth-order valence-electron chi connectivity index (χ4n) is 1.70. The molecule has 17 heavy (non-hydrogen) atoms. The van der Waals surface area contributed by atoms with Crippen LogP contribution >= 0.6 is 0 Å². The van der Waals surface area contributed by atoms with Crippen molar-refractivity contribution in [1.82, 2.24) is 5.32 Å². The van der Waals surface area contributed by atoms with Crippen LogP contribution in [0, 0.1) is 11.8 Å². The van der Waals surface area contributed by atoms with E-state index in [0.717, 1.165) is 39.2 Å². The quantitative estimate of drug-likeness (QED) is 0.568. The molecule has 0 aromatic rings. The molecule has 0 rings (SSSR count). The Labute approximate surface area is 107 Å². The van der Waals surface area contributed by atoms with Crippen LogP contribution in [-0.4, -0.2) is 39.5 Å². The Bertz CT molecular complexity index is 160. The second-order valence-electron chi connectivity index (χ2n) is 5.31. The van der Waals surface area contributed by atoms with Gasteiger partial charge in [-0.1, -0.05) is 27.7 Å². The highest BCUT2D eigenvalue weighted by Gasteiger charge is 2.13. The second-order valence-corrected chi connectivity index (χ2v) is 5.31. The van der Waals surface area contributed by atoms with Crippen LogP contribution in [-0.2, 0) is 9.47 Å². The van der Waals surface area contributed by atoms with E-state index in [9.17, 15) is 0 Å². The fourth-order valence-corrected chi connectivity index (χ4v) is 1.70. The summed E-state index contributed by atoms with van der Waals surface area (Å²) in [5.74, 6) is 1.42. The summed E-state index contributed by atoms with van der Waals surface area (Å²) < 4.78 is 10.6. The van der Waals surface area contributed by atoms with Crippen molar-refractivity contribution in [3.05, 3.63) is 0 Å². The topological polar surface area (TPSA) is 30.5 Å². The monoisotopic (exact) mass is 245 g/mol. The van der Waals surface area contributed by atoms with Crippen molar-refractivity contribution < 1.29 is 9.47 Å². The van der Waals surface area contributed by atoms with E-state index in [2.05, 4.69) is 33.0 Å². The zero-order chi connectivity index (χ0) is 13.1. The van der Waals surface area contributed by atoms with Crippen LogP contribution in [0.4, 0.5) is 0 Å². The van der Waals surface area contributed by atoms with E-state index in [1.165, 1.54) is 0 Å². The number of methoxy groups -OCH3 is 1. The first-order chi connectivity index (χ1) is 8.07. The van der Waals surface area contributed by atoms with Crippen LogP contribution < -0.4 is 5.32 Å². The maximum atomic E-state index is 5.62. The standard InChI is InChI=1S/C14H31NO2/c1-12(2)14(11-15-13(3)4)7-10-17-9-6-8-16-5/h12-15H,6-11H2,1-5H3. The Morgan fingerprint density at radius 1 is 1.00 bits per heavy atom. The van der Waals surface area contributed by atoms with Crippen molar-refractivity contribution in [3.63, 3.8) is 0 Å². The SMILES string of the molecule is COCCCOCCC(CNC(C)C)C(C)C. The molecule has 0 aromatic heterocycles. The molecule has 0 heterocycles. The first-order valence-corrected chi connectivity index (χ1v) is 6.88. The summed E-state index contributed by atoms with van der Waals surface area (Å²) in [6, 6.07) is 0.568. The number of hydrogen-bond donors (Lipinski definition) is 1. The minimum atomic E-state index is 0.568. The van der Waals surface area contributed by atoms with Gasteiger partial charge in [-0.2, -0.15) is 0 Å². The molecule has 0 radical (unpaired) electrons. The third-order valence-electron chi connectivity index (χ3n) is 3.00. The smallest absolute Gasteiger partial charge is 0.0487 e. The summed E-state index contributed by atoms with van der Waals surface area (Å²) in [6.45, 7) is 12.5. The Morgan fingerprint density at radius 3 is 2.24 bits per heavy atom. The predicted molar refractivity (Wildman–Crippen MR) is 73.4 cm³/mol. The highest BCUT2D eigenvalue weighted by atomic mass is 16.5. The van der Waals surface area contributed by atoms with E-state index in [0.29, 0.717) is 17.9 Å². The van der Waals surface area contributed by atoms with Gasteiger partial charge in [-0.05, 0) is 31.2 Å². The second kappa shape index (κ2) is 11.0. The molecule has 0 bridgehead atoms. The summed E-state index contributed by atoms with van der Waals surface area (Å²) >= 11 is 0. The molecule has 1 N–H and O–H groups in total. The van der Waals surface area contributed by atoms with Gasteiger partial charge < -0.3 is 14.8 Å². The summed E-state index contributed by atoms with van der Waals surface area (Å²) in [5.41, 5.74) is 0. The first kappa shape index (κ1) is 16.9. The molecular weight excluding hydrogens is 214 g/mol. The number of rotatable bonds is 11. The summed E-state index contributed by atoms with van der Waals surface area (Å²) in [5, 5.41) is 3.51. The van der Waals surface area contributed by atoms with Crippen LogP contribution in [0.25, 0.3) is 0 Å². The van der Waals surface area contributed by atoms with Gasteiger partial charge in [0.15, 0.2) is 0 Å². The normalized spacial score (nSPS) is 13.6. The van der Waals surface area contributed by atoms with Gasteiger partial charge >= 0.3 is 0 Å². The van der Waals surface area contributed by atoms with Crippen molar-refractivity contribution >= 4 is 0 Å². The third kappa shape index (κ3) is 10.7. The Balaban J connectivity index is 3.56. The van der Waals surface area contributed by atoms with Crippen molar-refractivity contribution in [2.75, 3.05) is 33.5 Å². The minimum Gasteiger partial charge on any atom is -0.385 e. The molecule has 0 aliphatic heterocycles. The predicted octanol–water partition coefficient (Wildman–Crippen LogP) is 2.70. The van der Waals surface area contributed by atoms with Gasteiger partial charge in [0.1, 0.15) is 0 Å². The molecule has 0 aromatic carbocycles. The van der Waals surface area contributed by atoms with Gasteiger partial charge in [0, 0.05) is 33.0 Å². The summed E-state index contributed by atoms with van der Waals surface area (Å²) in [4.78, 5) is 0. The van der Waals surface area contributed by atoms with Crippen molar-refractivity contribution in [3.8, 4) is 0 Å². The molecule has 3 heteroatoms. The van der Waals surface area contributed by atoms with E-state index in [1.807, 2.05) is 0 Å².